The third-order valence-electron chi connectivity index (χ3n) is 1.25. The number of hydrogen-bond donors (Lipinski definition) is 0. The van der Waals surface area contributed by atoms with Crippen LogP contribution in [0, 0.1) is 0 Å². The summed E-state index contributed by atoms with van der Waals surface area (Å²) in [4.78, 5) is 0. The van der Waals surface area contributed by atoms with Crippen LogP contribution >= 0.6 is 0 Å². The molecule has 4 radical (unpaired) electrons. The second-order valence-electron chi connectivity index (χ2n) is 2.22. The predicted molar refractivity (Wildman–Crippen MR) is 55.4 cm³/mol. The first-order valence-electron chi connectivity index (χ1n) is 4.03. The smallest absolute Gasteiger partial charge is 0.0600 e. The lowest BCUT2D eigenvalue weighted by atomic mass is 9.37. The Balaban J connectivity index is 0.000000187. The summed E-state index contributed by atoms with van der Waals surface area (Å²) >= 11 is 0. The Morgan fingerprint density at radius 2 is 1.64 bits per heavy atom. The summed E-state index contributed by atoms with van der Waals surface area (Å²) < 4.78 is 0. The second kappa shape index (κ2) is 9.67. The Labute approximate surface area is 73.0 Å². The summed E-state index contributed by atoms with van der Waals surface area (Å²) in [6, 6.07) is 0. The molecule has 3 heteroatoms. The Bertz CT molecular complexity index is 96.5. The summed E-state index contributed by atoms with van der Waals surface area (Å²) in [7, 11) is 8.89. The quantitative estimate of drug-likeness (QED) is 0.407. The minimum absolute atomic E-state index is 0.663. The van der Waals surface area contributed by atoms with Crippen molar-refractivity contribution >= 4 is 22.2 Å². The molecule has 0 aliphatic heterocycles. The lowest BCUT2D eigenvalue weighted by Gasteiger charge is -1.87. The summed E-state index contributed by atoms with van der Waals surface area (Å²) in [5.41, 5.74) is 0. The highest BCUT2D eigenvalue weighted by atomic mass is 13.8. The summed E-state index contributed by atoms with van der Waals surface area (Å²) in [6.07, 6.45) is 11.7. The minimum atomic E-state index is 0.663. The maximum absolute atomic E-state index is 5.05. The van der Waals surface area contributed by atoms with Gasteiger partial charge in [-0.05, 0) is 12.8 Å². The topological polar surface area (TPSA) is 0 Å². The molecule has 0 bridgehead atoms. The second-order valence-corrected chi connectivity index (χ2v) is 2.22. The van der Waals surface area contributed by atoms with Crippen molar-refractivity contribution in [2.75, 3.05) is 0 Å². The lowest BCUT2D eigenvalue weighted by molar-refractivity contribution is 1.23. The maximum Gasteiger partial charge on any atom is 0.0600 e. The van der Waals surface area contributed by atoms with E-state index in [1.54, 1.807) is 0 Å². The molecule has 0 nitrogen and oxygen atoms in total. The Kier molecular flexibility index (Phi) is 9.39. The molecule has 0 unspecified atom stereocenters. The molecule has 54 valence electrons. The van der Waals surface area contributed by atoms with Crippen LogP contribution in [-0.2, 0) is 0 Å². The number of hydrogen-bond acceptors (Lipinski definition) is 0. The molecular formula is C8H13B3. The van der Waals surface area contributed by atoms with Crippen molar-refractivity contribution in [1.29, 1.82) is 0 Å². The molecule has 0 amide bonds. The standard InChI is InChI=1S/C6H8.C2H5B3/c1-2-4-6-5-3-1;1-4-5-2-3/h1-2,5-6H,3-4H2;2H2,1H3. The fraction of sp³-hybridized carbons (Fsp3) is 0.500. The van der Waals surface area contributed by atoms with Crippen LogP contribution in [0.5, 0.6) is 0 Å². The van der Waals surface area contributed by atoms with Crippen molar-refractivity contribution < 1.29 is 0 Å². The molecule has 1 rings (SSSR count). The average molecular weight is 142 g/mol. The van der Waals surface area contributed by atoms with Gasteiger partial charge in [0, 0.05) is 0 Å². The maximum atomic E-state index is 5.05. The fourth-order valence-electron chi connectivity index (χ4n) is 0.678. The molecule has 11 heavy (non-hydrogen) atoms. The van der Waals surface area contributed by atoms with Crippen LogP contribution in [-0.4, -0.2) is 22.2 Å². The molecule has 1 aliphatic carbocycles. The van der Waals surface area contributed by atoms with Crippen molar-refractivity contribution in [3.63, 3.8) is 0 Å². The van der Waals surface area contributed by atoms with E-state index in [2.05, 4.69) is 24.3 Å². The molecule has 0 saturated carbocycles. The zero-order chi connectivity index (χ0) is 8.36. The molecule has 0 fully saturated rings. The number of rotatable bonds is 2. The first-order chi connectivity index (χ1) is 5.41. The highest BCUT2D eigenvalue weighted by molar-refractivity contribution is 7.01. The SMILES string of the molecule is C1=CCC=CC1.[B]C[B][B]C. The van der Waals surface area contributed by atoms with E-state index in [1.165, 1.54) is 0 Å². The van der Waals surface area contributed by atoms with Crippen molar-refractivity contribution in [1.82, 2.24) is 0 Å². The van der Waals surface area contributed by atoms with E-state index >= 15 is 0 Å². The minimum Gasteiger partial charge on any atom is -0.121 e. The van der Waals surface area contributed by atoms with Crippen LogP contribution < -0.4 is 0 Å². The lowest BCUT2D eigenvalue weighted by Crippen LogP contribution is -1.94. The van der Waals surface area contributed by atoms with Gasteiger partial charge in [-0.1, -0.05) is 31.1 Å². The van der Waals surface area contributed by atoms with Gasteiger partial charge >= 0.3 is 0 Å². The molecule has 0 atom stereocenters. The molecule has 0 aromatic heterocycles. The molecule has 1 aliphatic rings. The van der Waals surface area contributed by atoms with Gasteiger partial charge in [0.25, 0.3) is 0 Å². The zero-order valence-corrected chi connectivity index (χ0v) is 7.16. The monoisotopic (exact) mass is 142 g/mol. The van der Waals surface area contributed by atoms with Crippen molar-refractivity contribution in [3.8, 4) is 0 Å². The van der Waals surface area contributed by atoms with Crippen LogP contribution in [0.25, 0.3) is 0 Å². The van der Waals surface area contributed by atoms with E-state index < -0.39 is 0 Å². The highest BCUT2D eigenvalue weighted by Crippen LogP contribution is 1.97. The molecule has 0 heterocycles. The van der Waals surface area contributed by atoms with Crippen molar-refractivity contribution in [2.45, 2.75) is 25.9 Å². The van der Waals surface area contributed by atoms with Gasteiger partial charge < -0.3 is 0 Å². The van der Waals surface area contributed by atoms with E-state index in [0.717, 1.165) is 12.8 Å². The Hall–Kier alpha value is -0.325. The van der Waals surface area contributed by atoms with Gasteiger partial charge in [-0.3, -0.25) is 0 Å². The van der Waals surface area contributed by atoms with Crippen molar-refractivity contribution in [2.24, 2.45) is 0 Å². The van der Waals surface area contributed by atoms with E-state index in [4.69, 9.17) is 7.85 Å². The largest absolute Gasteiger partial charge is 0.121 e. The van der Waals surface area contributed by atoms with Crippen molar-refractivity contribution in [3.05, 3.63) is 24.3 Å². The first kappa shape index (κ1) is 10.7. The van der Waals surface area contributed by atoms with Crippen LogP contribution in [0.1, 0.15) is 12.8 Å². The number of allylic oxidation sites excluding steroid dienone is 4. The van der Waals surface area contributed by atoms with Crippen LogP contribution in [0.15, 0.2) is 24.3 Å². The third-order valence-corrected chi connectivity index (χ3v) is 1.25. The summed E-state index contributed by atoms with van der Waals surface area (Å²) in [5, 5.41) is 0. The average Bonchev–Trinajstić information content (AvgIpc) is 2.10. The van der Waals surface area contributed by atoms with Gasteiger partial charge in [0.05, 0.1) is 22.2 Å². The van der Waals surface area contributed by atoms with Crippen LogP contribution in [0.3, 0.4) is 0 Å². The van der Waals surface area contributed by atoms with Gasteiger partial charge in [0.2, 0.25) is 0 Å². The molecule has 0 aromatic carbocycles. The molecule has 0 spiro atoms. The van der Waals surface area contributed by atoms with E-state index in [9.17, 15) is 0 Å². The summed E-state index contributed by atoms with van der Waals surface area (Å²) in [5.74, 6) is 0. The first-order valence-corrected chi connectivity index (χ1v) is 4.03. The Morgan fingerprint density at radius 3 is 1.73 bits per heavy atom. The molecule has 0 saturated heterocycles. The van der Waals surface area contributed by atoms with Gasteiger partial charge in [-0.25, -0.2) is 0 Å². The molecule has 0 N–H and O–H groups in total. The van der Waals surface area contributed by atoms with Gasteiger partial charge in [0.1, 0.15) is 0 Å². The predicted octanol–water partition coefficient (Wildman–Crippen LogP) is 1.79. The van der Waals surface area contributed by atoms with E-state index in [-0.39, 0.29) is 0 Å². The molecular weight excluding hydrogens is 129 g/mol. The highest BCUT2D eigenvalue weighted by Gasteiger charge is 1.76. The molecule has 0 aromatic rings. The normalized spacial score (nSPS) is 13.2. The van der Waals surface area contributed by atoms with E-state index in [0.29, 0.717) is 6.22 Å². The zero-order valence-electron chi connectivity index (χ0n) is 7.16. The van der Waals surface area contributed by atoms with Gasteiger partial charge in [-0.2, -0.15) is 0 Å². The van der Waals surface area contributed by atoms with Crippen LogP contribution in [0.4, 0.5) is 0 Å². The summed E-state index contributed by atoms with van der Waals surface area (Å²) in [6.45, 7) is 1.95. The van der Waals surface area contributed by atoms with Gasteiger partial charge in [-0.15, -0.1) is 6.22 Å². The van der Waals surface area contributed by atoms with E-state index in [1.807, 2.05) is 21.2 Å². The third kappa shape index (κ3) is 9.67. The van der Waals surface area contributed by atoms with Gasteiger partial charge in [0.15, 0.2) is 0 Å². The van der Waals surface area contributed by atoms with Crippen LogP contribution in [0.2, 0.25) is 13.0 Å². The fourth-order valence-corrected chi connectivity index (χ4v) is 0.678. The Morgan fingerprint density at radius 1 is 1.18 bits per heavy atom.